The highest BCUT2D eigenvalue weighted by atomic mass is 19.4. The Kier molecular flexibility index (Phi) is 10.0. The number of para-hydroxylation sites is 2. The first-order chi connectivity index (χ1) is 29.9. The Morgan fingerprint density at radius 1 is 0.790 bits per heavy atom. The highest BCUT2D eigenvalue weighted by molar-refractivity contribution is 5.91. The zero-order chi connectivity index (χ0) is 42.9. The summed E-state index contributed by atoms with van der Waals surface area (Å²) in [6, 6.07) is 15.4. The fourth-order valence-corrected chi connectivity index (χ4v) is 9.69. The van der Waals surface area contributed by atoms with Crippen molar-refractivity contribution < 1.29 is 22.0 Å². The third-order valence-corrected chi connectivity index (χ3v) is 13.2. The molecule has 12 heteroatoms. The molecule has 0 N–H and O–H groups in total. The van der Waals surface area contributed by atoms with Crippen LogP contribution < -0.4 is 26.4 Å². The van der Waals surface area contributed by atoms with Crippen molar-refractivity contribution in [2.24, 2.45) is 0 Å². The molecule has 8 aliphatic rings. The minimum Gasteiger partial charge on any atom is -0.452 e. The average Bonchev–Trinajstić information content (AvgIpc) is 3.28. The molecular formula is C50H46F3N5O4. The lowest BCUT2D eigenvalue weighted by molar-refractivity contribution is -0.147. The summed E-state index contributed by atoms with van der Waals surface area (Å²) in [4.78, 5) is 44.4. The van der Waals surface area contributed by atoms with Crippen molar-refractivity contribution in [2.75, 3.05) is 50.7 Å². The number of piperazine rings is 1. The van der Waals surface area contributed by atoms with Crippen LogP contribution in [-0.4, -0.2) is 71.8 Å². The van der Waals surface area contributed by atoms with E-state index in [1.165, 1.54) is 4.90 Å². The fourth-order valence-electron chi connectivity index (χ4n) is 9.69. The predicted octanol–water partition coefficient (Wildman–Crippen LogP) is 7.41. The number of fused-ring (bicyclic) bond motifs is 3. The Labute approximate surface area is 355 Å². The van der Waals surface area contributed by atoms with Crippen LogP contribution in [0.3, 0.4) is 0 Å². The largest absolute Gasteiger partial charge is 0.452 e. The van der Waals surface area contributed by atoms with E-state index in [1.807, 2.05) is 93.6 Å². The molecule has 4 aliphatic carbocycles. The topological polar surface area (TPSA) is 95.9 Å². The molecule has 4 aliphatic heterocycles. The second-order valence-electron chi connectivity index (χ2n) is 16.9. The molecule has 10 rings (SSSR count). The third-order valence-electron chi connectivity index (χ3n) is 13.2. The number of nitrogens with zero attached hydrogens (tertiary/aromatic N) is 5. The van der Waals surface area contributed by atoms with Crippen molar-refractivity contribution in [1.29, 1.82) is 0 Å². The third kappa shape index (κ3) is 7.13. The molecule has 0 spiro atoms. The van der Waals surface area contributed by atoms with Crippen LogP contribution in [0.15, 0.2) is 103 Å². The maximum atomic E-state index is 14.5. The van der Waals surface area contributed by atoms with Gasteiger partial charge in [0.1, 0.15) is 22.0 Å². The highest BCUT2D eigenvalue weighted by Crippen LogP contribution is 2.41. The lowest BCUT2D eigenvalue weighted by Crippen LogP contribution is -2.46. The minimum absolute atomic E-state index is 0.0323. The summed E-state index contributed by atoms with van der Waals surface area (Å²) >= 11 is 0. The molecule has 2 aromatic rings. The zero-order valence-corrected chi connectivity index (χ0v) is 34.9. The number of hydrogen-bond donors (Lipinski definition) is 0. The summed E-state index contributed by atoms with van der Waals surface area (Å²) in [6.45, 7) is 8.28. The molecule has 0 unspecified atom stereocenters. The van der Waals surface area contributed by atoms with Gasteiger partial charge >= 0.3 is 6.18 Å². The Balaban J connectivity index is 0.927. The van der Waals surface area contributed by atoms with Crippen molar-refractivity contribution in [2.45, 2.75) is 58.5 Å². The lowest BCUT2D eigenvalue weighted by Gasteiger charge is -2.39. The Morgan fingerprint density at radius 2 is 1.53 bits per heavy atom. The fraction of sp³-hybridized carbons (Fsp3) is 0.320. The number of alkyl halides is 3. The maximum Gasteiger partial charge on any atom is 0.401 e. The summed E-state index contributed by atoms with van der Waals surface area (Å²) in [6.07, 6.45) is 10.5. The normalized spacial score (nSPS) is 18.5. The standard InChI is InChI=1S/C50H46F3N5O4/c1-29-30(2)46(59)41(48-43(29)54-37-8-4-6-10-39(37)61-48)35-16-18-36(19-17-35)57-24-26-58(27-25-57)45-31(3)47(60)42(49-44(45)55-38-9-5-7-11-40(38)62-49)34-14-12-32(13-15-34)33-20-22-56(23-21-33)28-50(51,52)53/h4-7,9-16,18-19,33H,8,17,20-28H2,1-3H3. The lowest BCUT2D eigenvalue weighted by atomic mass is 9.87. The summed E-state index contributed by atoms with van der Waals surface area (Å²) < 4.78 is 52.0. The van der Waals surface area contributed by atoms with Gasteiger partial charge in [-0.15, -0.1) is 0 Å². The van der Waals surface area contributed by atoms with E-state index in [-0.39, 0.29) is 16.8 Å². The van der Waals surface area contributed by atoms with Crippen LogP contribution in [0.5, 0.6) is 0 Å². The quantitative estimate of drug-likeness (QED) is 0.165. The van der Waals surface area contributed by atoms with E-state index in [1.54, 1.807) is 0 Å². The SMILES string of the molecule is Cc1c(C)c(=O)c(=C2C=CC(N3CCN(c4c5nc6ccccc6oc-5c(-c5ccc(C6CCN(CC(F)(F)F)CC6)cc5)c(=O)c4C)CC3)=CC2)c2oc3c(nc1=2)CC=CC=3. The second-order valence-corrected chi connectivity index (χ2v) is 16.9. The number of aromatic nitrogens is 2. The van der Waals surface area contributed by atoms with Gasteiger partial charge in [-0.2, -0.15) is 13.2 Å². The molecule has 0 aromatic heterocycles. The van der Waals surface area contributed by atoms with Crippen LogP contribution in [-0.2, 0) is 6.42 Å². The number of halogens is 3. The molecule has 2 aromatic carbocycles. The van der Waals surface area contributed by atoms with Crippen LogP contribution in [0.4, 0.5) is 18.9 Å². The first kappa shape index (κ1) is 39.8. The van der Waals surface area contributed by atoms with Gasteiger partial charge in [-0.05, 0) is 106 Å². The van der Waals surface area contributed by atoms with Gasteiger partial charge < -0.3 is 18.6 Å². The zero-order valence-electron chi connectivity index (χ0n) is 34.9. The number of anilines is 1. The van der Waals surface area contributed by atoms with E-state index in [9.17, 15) is 22.8 Å². The molecule has 316 valence electrons. The first-order valence-electron chi connectivity index (χ1n) is 21.4. The Bertz CT molecular complexity index is 3150. The van der Waals surface area contributed by atoms with Crippen LogP contribution in [0.1, 0.15) is 53.1 Å². The van der Waals surface area contributed by atoms with Crippen LogP contribution >= 0.6 is 0 Å². The summed E-state index contributed by atoms with van der Waals surface area (Å²) in [5.41, 5.74) is 10.9. The van der Waals surface area contributed by atoms with Gasteiger partial charge in [-0.3, -0.25) is 14.5 Å². The molecule has 4 heterocycles. The second kappa shape index (κ2) is 15.6. The van der Waals surface area contributed by atoms with Gasteiger partial charge in [0.25, 0.3) is 0 Å². The molecule has 2 saturated heterocycles. The number of piperidine rings is 1. The van der Waals surface area contributed by atoms with Crippen molar-refractivity contribution in [1.82, 2.24) is 19.8 Å². The van der Waals surface area contributed by atoms with E-state index < -0.39 is 12.7 Å². The van der Waals surface area contributed by atoms with Crippen molar-refractivity contribution in [3.05, 3.63) is 154 Å². The van der Waals surface area contributed by atoms with Crippen LogP contribution in [0.2, 0.25) is 0 Å². The molecule has 0 bridgehead atoms. The predicted molar refractivity (Wildman–Crippen MR) is 235 cm³/mol. The number of allylic oxidation sites excluding steroid dienone is 5. The minimum atomic E-state index is -4.20. The highest BCUT2D eigenvalue weighted by Gasteiger charge is 2.34. The van der Waals surface area contributed by atoms with E-state index >= 15 is 0 Å². The van der Waals surface area contributed by atoms with Crippen molar-refractivity contribution in [3.8, 4) is 22.6 Å². The van der Waals surface area contributed by atoms with E-state index in [2.05, 4.69) is 22.0 Å². The van der Waals surface area contributed by atoms with Gasteiger partial charge in [0.15, 0.2) is 27.6 Å². The molecule has 2 fully saturated rings. The number of likely N-dealkylation sites (tertiary alicyclic amines) is 1. The number of rotatable bonds is 5. The Morgan fingerprint density at radius 3 is 2.26 bits per heavy atom. The molecule has 9 nitrogen and oxygen atoms in total. The molecule has 0 radical (unpaired) electrons. The van der Waals surface area contributed by atoms with Crippen LogP contribution in [0.25, 0.3) is 45.3 Å². The van der Waals surface area contributed by atoms with Gasteiger partial charge in [-0.25, -0.2) is 9.97 Å². The Hall–Kier alpha value is -6.27. The maximum absolute atomic E-state index is 14.5. The number of hydrogen-bond acceptors (Lipinski definition) is 9. The average molecular weight is 838 g/mol. The summed E-state index contributed by atoms with van der Waals surface area (Å²) in [5.74, 6) is 0.577. The van der Waals surface area contributed by atoms with E-state index in [4.69, 9.17) is 18.8 Å². The molecule has 0 amide bonds. The monoisotopic (exact) mass is 837 g/mol. The van der Waals surface area contributed by atoms with E-state index in [0.717, 1.165) is 39.1 Å². The van der Waals surface area contributed by atoms with Gasteiger partial charge in [0, 0.05) is 49.4 Å². The summed E-state index contributed by atoms with van der Waals surface area (Å²) in [5, 5.41) is 1.30. The molecule has 62 heavy (non-hydrogen) atoms. The van der Waals surface area contributed by atoms with Crippen molar-refractivity contribution >= 4 is 28.4 Å². The van der Waals surface area contributed by atoms with Gasteiger partial charge in [0.05, 0.1) is 28.7 Å². The summed E-state index contributed by atoms with van der Waals surface area (Å²) in [7, 11) is 0. The van der Waals surface area contributed by atoms with Crippen molar-refractivity contribution in [3.63, 3.8) is 0 Å². The number of benzene rings is 3. The van der Waals surface area contributed by atoms with E-state index in [0.29, 0.717) is 126 Å². The molecule has 0 saturated carbocycles. The van der Waals surface area contributed by atoms with Gasteiger partial charge in [-0.1, -0.05) is 60.7 Å². The smallest absolute Gasteiger partial charge is 0.401 e. The first-order valence-corrected chi connectivity index (χ1v) is 21.4. The molecule has 0 atom stereocenters. The molecular weight excluding hydrogens is 792 g/mol. The van der Waals surface area contributed by atoms with Crippen LogP contribution in [0, 0.1) is 31.5 Å². The van der Waals surface area contributed by atoms with Gasteiger partial charge in [0.2, 0.25) is 0 Å².